The van der Waals surface area contributed by atoms with Crippen LogP contribution in [0, 0.1) is 5.92 Å². The summed E-state index contributed by atoms with van der Waals surface area (Å²) in [6.07, 6.45) is 7.65. The van der Waals surface area contributed by atoms with Gasteiger partial charge in [-0.25, -0.2) is 0 Å². The van der Waals surface area contributed by atoms with Gasteiger partial charge in [0.05, 0.1) is 6.10 Å². The Kier molecular flexibility index (Phi) is 5.90. The molecule has 1 fully saturated rings. The summed E-state index contributed by atoms with van der Waals surface area (Å²) in [5.41, 5.74) is 1.37. The van der Waals surface area contributed by atoms with Gasteiger partial charge in [0.15, 0.2) is 6.29 Å². The van der Waals surface area contributed by atoms with Gasteiger partial charge in [-0.3, -0.25) is 0 Å². The Hall–Kier alpha value is -1.02. The van der Waals surface area contributed by atoms with E-state index in [1.54, 1.807) is 0 Å². The minimum atomic E-state index is -0.158. The predicted octanol–water partition coefficient (Wildman–Crippen LogP) is 4.96. The van der Waals surface area contributed by atoms with Crippen LogP contribution in [0.25, 0.3) is 0 Å². The second-order valence-electron chi connectivity index (χ2n) is 6.32. The van der Waals surface area contributed by atoms with Crippen molar-refractivity contribution in [1.82, 2.24) is 0 Å². The SMILES string of the molecule is CC(C)Cc1ccc(OC(C)OC2CCCCC2)cc1. The zero-order valence-corrected chi connectivity index (χ0v) is 13.1. The van der Waals surface area contributed by atoms with E-state index < -0.39 is 0 Å². The summed E-state index contributed by atoms with van der Waals surface area (Å²) in [7, 11) is 0. The zero-order valence-electron chi connectivity index (χ0n) is 13.1. The first-order valence-corrected chi connectivity index (χ1v) is 8.04. The lowest BCUT2D eigenvalue weighted by atomic mass is 9.98. The van der Waals surface area contributed by atoms with Gasteiger partial charge >= 0.3 is 0 Å². The zero-order chi connectivity index (χ0) is 14.4. The lowest BCUT2D eigenvalue weighted by Crippen LogP contribution is -2.26. The van der Waals surface area contributed by atoms with Crippen LogP contribution in [0.4, 0.5) is 0 Å². The Bertz CT molecular complexity index is 377. The molecule has 2 nitrogen and oxygen atoms in total. The highest BCUT2D eigenvalue weighted by molar-refractivity contribution is 5.27. The van der Waals surface area contributed by atoms with Crippen LogP contribution in [0.2, 0.25) is 0 Å². The summed E-state index contributed by atoms with van der Waals surface area (Å²) >= 11 is 0. The maximum atomic E-state index is 5.97. The molecule has 1 aromatic carbocycles. The van der Waals surface area contributed by atoms with Crippen LogP contribution < -0.4 is 4.74 Å². The highest BCUT2D eigenvalue weighted by Gasteiger charge is 2.17. The smallest absolute Gasteiger partial charge is 0.197 e. The van der Waals surface area contributed by atoms with Gasteiger partial charge in [0, 0.05) is 0 Å². The van der Waals surface area contributed by atoms with E-state index in [9.17, 15) is 0 Å². The van der Waals surface area contributed by atoms with E-state index in [0.717, 1.165) is 12.2 Å². The minimum absolute atomic E-state index is 0.158. The Morgan fingerprint density at radius 3 is 2.25 bits per heavy atom. The Morgan fingerprint density at radius 1 is 1.00 bits per heavy atom. The number of rotatable bonds is 6. The van der Waals surface area contributed by atoms with Crippen molar-refractivity contribution in [3.05, 3.63) is 29.8 Å². The molecule has 1 unspecified atom stereocenters. The molecule has 1 aliphatic rings. The normalized spacial score (nSPS) is 18.2. The molecule has 112 valence electrons. The second-order valence-corrected chi connectivity index (χ2v) is 6.32. The number of benzene rings is 1. The fourth-order valence-electron chi connectivity index (χ4n) is 2.87. The molecule has 0 saturated heterocycles. The number of hydrogen-bond acceptors (Lipinski definition) is 2. The largest absolute Gasteiger partial charge is 0.465 e. The van der Waals surface area contributed by atoms with Crippen molar-refractivity contribution >= 4 is 0 Å². The topological polar surface area (TPSA) is 18.5 Å². The summed E-state index contributed by atoms with van der Waals surface area (Å²) in [6, 6.07) is 8.42. The molecule has 1 saturated carbocycles. The van der Waals surface area contributed by atoms with Crippen molar-refractivity contribution in [3.8, 4) is 5.75 Å². The first-order chi connectivity index (χ1) is 9.63. The van der Waals surface area contributed by atoms with Crippen molar-refractivity contribution in [2.45, 2.75) is 71.7 Å². The van der Waals surface area contributed by atoms with Crippen LogP contribution in [-0.2, 0) is 11.2 Å². The van der Waals surface area contributed by atoms with Crippen molar-refractivity contribution in [2.75, 3.05) is 0 Å². The molecule has 0 aromatic heterocycles. The highest BCUT2D eigenvalue weighted by Crippen LogP contribution is 2.23. The number of hydrogen-bond donors (Lipinski definition) is 0. The van der Waals surface area contributed by atoms with Crippen molar-refractivity contribution in [1.29, 1.82) is 0 Å². The molecular weight excluding hydrogens is 248 g/mol. The molecule has 1 aliphatic carbocycles. The van der Waals surface area contributed by atoms with Crippen LogP contribution >= 0.6 is 0 Å². The van der Waals surface area contributed by atoms with Gasteiger partial charge in [0.1, 0.15) is 5.75 Å². The van der Waals surface area contributed by atoms with Crippen LogP contribution in [0.5, 0.6) is 5.75 Å². The van der Waals surface area contributed by atoms with E-state index >= 15 is 0 Å². The highest BCUT2D eigenvalue weighted by atomic mass is 16.7. The van der Waals surface area contributed by atoms with Crippen molar-refractivity contribution < 1.29 is 9.47 Å². The van der Waals surface area contributed by atoms with Gasteiger partial charge in [0.25, 0.3) is 0 Å². The molecule has 1 aromatic rings. The molecule has 0 aliphatic heterocycles. The first kappa shape index (κ1) is 15.4. The third kappa shape index (κ3) is 5.16. The minimum Gasteiger partial charge on any atom is -0.465 e. The lowest BCUT2D eigenvalue weighted by molar-refractivity contribution is -0.116. The first-order valence-electron chi connectivity index (χ1n) is 8.04. The van der Waals surface area contributed by atoms with Crippen LogP contribution in [0.3, 0.4) is 0 Å². The number of ether oxygens (including phenoxy) is 2. The molecule has 0 radical (unpaired) electrons. The van der Waals surface area contributed by atoms with Crippen molar-refractivity contribution in [3.63, 3.8) is 0 Å². The molecular formula is C18H28O2. The summed E-state index contributed by atoms with van der Waals surface area (Å²) in [6.45, 7) is 6.48. The average molecular weight is 276 g/mol. The van der Waals surface area contributed by atoms with E-state index in [1.165, 1.54) is 37.7 Å². The van der Waals surface area contributed by atoms with Gasteiger partial charge < -0.3 is 9.47 Å². The monoisotopic (exact) mass is 276 g/mol. The van der Waals surface area contributed by atoms with Gasteiger partial charge in [-0.05, 0) is 49.8 Å². The van der Waals surface area contributed by atoms with Gasteiger partial charge in [-0.15, -0.1) is 0 Å². The van der Waals surface area contributed by atoms with Crippen LogP contribution in [0.15, 0.2) is 24.3 Å². The maximum absolute atomic E-state index is 5.97. The molecule has 1 atom stereocenters. The molecule has 0 bridgehead atoms. The third-order valence-corrected chi connectivity index (χ3v) is 3.81. The van der Waals surface area contributed by atoms with Crippen molar-refractivity contribution in [2.24, 2.45) is 5.92 Å². The fourth-order valence-corrected chi connectivity index (χ4v) is 2.87. The van der Waals surface area contributed by atoms with Gasteiger partial charge in [-0.2, -0.15) is 0 Å². The van der Waals surface area contributed by atoms with E-state index in [2.05, 4.69) is 38.1 Å². The maximum Gasteiger partial charge on any atom is 0.197 e. The summed E-state index contributed by atoms with van der Waals surface area (Å²) < 4.78 is 11.8. The Morgan fingerprint density at radius 2 is 1.65 bits per heavy atom. The molecule has 0 heterocycles. The molecule has 20 heavy (non-hydrogen) atoms. The van der Waals surface area contributed by atoms with Crippen LogP contribution in [0.1, 0.15) is 58.4 Å². The standard InChI is InChI=1S/C18H28O2/c1-14(2)13-16-9-11-18(12-10-16)20-15(3)19-17-7-5-4-6-8-17/h9-12,14-15,17H,4-8,13H2,1-3H3. The Labute approximate surface area is 123 Å². The summed E-state index contributed by atoms with van der Waals surface area (Å²) in [4.78, 5) is 0. The average Bonchev–Trinajstić information content (AvgIpc) is 2.41. The second kappa shape index (κ2) is 7.68. The fraction of sp³-hybridized carbons (Fsp3) is 0.667. The third-order valence-electron chi connectivity index (χ3n) is 3.81. The predicted molar refractivity (Wildman–Crippen MR) is 83.0 cm³/mol. The molecule has 0 spiro atoms. The van der Waals surface area contributed by atoms with E-state index in [4.69, 9.17) is 9.47 Å². The molecule has 0 N–H and O–H groups in total. The molecule has 2 heteroatoms. The van der Waals surface area contributed by atoms with E-state index in [1.807, 2.05) is 6.92 Å². The Balaban J connectivity index is 1.79. The van der Waals surface area contributed by atoms with E-state index in [0.29, 0.717) is 12.0 Å². The van der Waals surface area contributed by atoms with E-state index in [-0.39, 0.29) is 6.29 Å². The molecule has 2 rings (SSSR count). The van der Waals surface area contributed by atoms with Gasteiger partial charge in [0.2, 0.25) is 0 Å². The van der Waals surface area contributed by atoms with Crippen LogP contribution in [-0.4, -0.2) is 12.4 Å². The quantitative estimate of drug-likeness (QED) is 0.684. The summed E-state index contributed by atoms with van der Waals surface area (Å²) in [5.74, 6) is 1.59. The lowest BCUT2D eigenvalue weighted by Gasteiger charge is -2.26. The summed E-state index contributed by atoms with van der Waals surface area (Å²) in [5, 5.41) is 0. The van der Waals surface area contributed by atoms with Gasteiger partial charge in [-0.1, -0.05) is 45.2 Å². The molecule has 0 amide bonds.